The third-order valence-electron chi connectivity index (χ3n) is 7.52. The summed E-state index contributed by atoms with van der Waals surface area (Å²) in [7, 11) is 0. The number of piperazine rings is 2. The molecule has 2 aliphatic heterocycles. The highest BCUT2D eigenvalue weighted by Gasteiger charge is 2.32. The van der Waals surface area contributed by atoms with Crippen LogP contribution in [0.5, 0.6) is 0 Å². The molecule has 0 radical (unpaired) electrons. The summed E-state index contributed by atoms with van der Waals surface area (Å²) < 4.78 is 16.2. The molecular formula is C29H29FN6O3. The van der Waals surface area contributed by atoms with Crippen LogP contribution in [0.1, 0.15) is 0 Å². The number of rotatable bonds is 2. The normalized spacial score (nSPS) is 16.1. The molecule has 0 N–H and O–H groups in total. The number of para-hydroxylation sites is 2. The predicted octanol–water partition coefficient (Wildman–Crippen LogP) is 3.52. The molecule has 1 aromatic heterocycles. The molecular weight excluding hydrogens is 499 g/mol. The van der Waals surface area contributed by atoms with Crippen molar-refractivity contribution in [3.63, 3.8) is 0 Å². The number of aromatic nitrogens is 2. The summed E-state index contributed by atoms with van der Waals surface area (Å²) in [6.07, 6.45) is 0. The molecule has 39 heavy (non-hydrogen) atoms. The zero-order valence-electron chi connectivity index (χ0n) is 21.4. The van der Waals surface area contributed by atoms with Crippen molar-refractivity contribution in [2.24, 2.45) is 0 Å². The Morgan fingerprint density at radius 1 is 0.590 bits per heavy atom. The number of fused-ring (bicyclic) bond motifs is 1. The summed E-state index contributed by atoms with van der Waals surface area (Å²) in [5.74, 6) is -0.584. The van der Waals surface area contributed by atoms with Crippen LogP contribution in [0.2, 0.25) is 0 Å². The SMILES string of the molecule is O=C(N1CCN(c2ccccc2)CC1)n1c(=O)c2ccc(F)cc2n1C(=O)N1CCN(c2ccccc2)CC1. The van der Waals surface area contributed by atoms with Crippen LogP contribution in [0.15, 0.2) is 83.7 Å². The molecule has 3 aromatic carbocycles. The van der Waals surface area contributed by atoms with Crippen LogP contribution in [0.25, 0.3) is 10.9 Å². The van der Waals surface area contributed by atoms with E-state index < -0.39 is 23.4 Å². The lowest BCUT2D eigenvalue weighted by Crippen LogP contribution is -2.54. The van der Waals surface area contributed by atoms with E-state index in [1.54, 1.807) is 9.80 Å². The summed E-state index contributed by atoms with van der Waals surface area (Å²) in [4.78, 5) is 48.6. The van der Waals surface area contributed by atoms with Gasteiger partial charge < -0.3 is 19.6 Å². The van der Waals surface area contributed by atoms with E-state index in [-0.39, 0.29) is 10.9 Å². The molecule has 0 bridgehead atoms. The summed E-state index contributed by atoms with van der Waals surface area (Å²) in [6.45, 7) is 3.97. The van der Waals surface area contributed by atoms with Gasteiger partial charge in [0.05, 0.1) is 10.9 Å². The molecule has 200 valence electrons. The monoisotopic (exact) mass is 528 g/mol. The van der Waals surface area contributed by atoms with Crippen molar-refractivity contribution in [1.82, 2.24) is 19.2 Å². The number of carbonyl (C=O) groups is 2. The van der Waals surface area contributed by atoms with Crippen molar-refractivity contribution in [2.45, 2.75) is 0 Å². The number of hydrogen-bond donors (Lipinski definition) is 0. The van der Waals surface area contributed by atoms with Crippen molar-refractivity contribution in [2.75, 3.05) is 62.2 Å². The number of anilines is 2. The van der Waals surface area contributed by atoms with Crippen molar-refractivity contribution in [3.8, 4) is 0 Å². The van der Waals surface area contributed by atoms with Crippen molar-refractivity contribution < 1.29 is 14.0 Å². The maximum Gasteiger partial charge on any atom is 0.347 e. The molecule has 0 spiro atoms. The fourth-order valence-electron chi connectivity index (χ4n) is 5.39. The Hall–Kier alpha value is -4.60. The van der Waals surface area contributed by atoms with Gasteiger partial charge in [-0.15, -0.1) is 0 Å². The van der Waals surface area contributed by atoms with E-state index in [1.807, 2.05) is 60.7 Å². The van der Waals surface area contributed by atoms with E-state index in [0.29, 0.717) is 52.4 Å². The molecule has 3 heterocycles. The third-order valence-corrected chi connectivity index (χ3v) is 7.52. The molecule has 10 heteroatoms. The minimum atomic E-state index is -0.628. The number of amides is 2. The second-order valence-electron chi connectivity index (χ2n) is 9.77. The first-order valence-corrected chi connectivity index (χ1v) is 13.1. The Kier molecular flexibility index (Phi) is 6.52. The molecule has 6 rings (SSSR count). The lowest BCUT2D eigenvalue weighted by atomic mass is 10.2. The average molecular weight is 529 g/mol. The highest BCUT2D eigenvalue weighted by molar-refractivity contribution is 5.94. The van der Waals surface area contributed by atoms with Crippen molar-refractivity contribution in [3.05, 3.63) is 95.0 Å². The van der Waals surface area contributed by atoms with Crippen LogP contribution < -0.4 is 15.4 Å². The zero-order chi connectivity index (χ0) is 26.9. The quantitative estimate of drug-likeness (QED) is 0.398. The lowest BCUT2D eigenvalue weighted by molar-refractivity contribution is 0.175. The molecule has 2 fully saturated rings. The topological polar surface area (TPSA) is 74.0 Å². The van der Waals surface area contributed by atoms with E-state index in [2.05, 4.69) is 9.80 Å². The number of benzene rings is 3. The minimum Gasteiger partial charge on any atom is -0.368 e. The van der Waals surface area contributed by atoms with Gasteiger partial charge in [0.25, 0.3) is 5.56 Å². The molecule has 0 aliphatic carbocycles. The van der Waals surface area contributed by atoms with Crippen LogP contribution in [-0.2, 0) is 0 Å². The molecule has 0 unspecified atom stereocenters. The molecule has 4 aromatic rings. The lowest BCUT2D eigenvalue weighted by Gasteiger charge is -2.37. The molecule has 2 aliphatic rings. The van der Waals surface area contributed by atoms with Gasteiger partial charge in [0.15, 0.2) is 0 Å². The third kappa shape index (κ3) is 4.62. The second kappa shape index (κ2) is 10.3. The number of carbonyl (C=O) groups excluding carboxylic acids is 2. The fourth-order valence-corrected chi connectivity index (χ4v) is 5.39. The van der Waals surface area contributed by atoms with Crippen molar-refractivity contribution >= 4 is 34.3 Å². The van der Waals surface area contributed by atoms with Gasteiger partial charge in [-0.1, -0.05) is 36.4 Å². The van der Waals surface area contributed by atoms with E-state index >= 15 is 0 Å². The zero-order valence-corrected chi connectivity index (χ0v) is 21.4. The minimum absolute atomic E-state index is 0.0896. The van der Waals surface area contributed by atoms with Gasteiger partial charge in [-0.25, -0.2) is 14.0 Å². The highest BCUT2D eigenvalue weighted by Crippen LogP contribution is 2.20. The first kappa shape index (κ1) is 24.7. The standard InChI is InChI=1S/C29H29FN6O3/c30-22-11-12-25-26(21-22)35(28(38)33-17-13-31(14-18-33)23-7-3-1-4-8-23)36(27(25)37)29(39)34-19-15-32(16-20-34)24-9-5-2-6-10-24/h1-12,21H,13-20H2. The van der Waals surface area contributed by atoms with Gasteiger partial charge in [-0.2, -0.15) is 9.36 Å². The van der Waals surface area contributed by atoms with Crippen LogP contribution in [0.3, 0.4) is 0 Å². The van der Waals surface area contributed by atoms with Gasteiger partial charge in [-0.05, 0) is 36.4 Å². The Bertz CT molecular complexity index is 1550. The second-order valence-corrected chi connectivity index (χ2v) is 9.77. The van der Waals surface area contributed by atoms with E-state index in [4.69, 9.17) is 0 Å². The Balaban J connectivity index is 1.27. The fraction of sp³-hybridized carbons (Fsp3) is 0.276. The molecule has 0 saturated carbocycles. The first-order valence-electron chi connectivity index (χ1n) is 13.1. The Labute approximate surface area is 224 Å². The number of nitrogens with zero attached hydrogens (tertiary/aromatic N) is 6. The average Bonchev–Trinajstić information content (AvgIpc) is 3.28. The van der Waals surface area contributed by atoms with Crippen LogP contribution in [0, 0.1) is 5.82 Å². The summed E-state index contributed by atoms with van der Waals surface area (Å²) in [5.41, 5.74) is 1.60. The van der Waals surface area contributed by atoms with Crippen LogP contribution in [0.4, 0.5) is 25.4 Å². The summed E-state index contributed by atoms with van der Waals surface area (Å²) in [5, 5.41) is 0.129. The van der Waals surface area contributed by atoms with Crippen molar-refractivity contribution in [1.29, 1.82) is 0 Å². The van der Waals surface area contributed by atoms with E-state index in [1.165, 1.54) is 12.1 Å². The smallest absolute Gasteiger partial charge is 0.347 e. The summed E-state index contributed by atoms with van der Waals surface area (Å²) in [6, 6.07) is 22.4. The Morgan fingerprint density at radius 2 is 1.05 bits per heavy atom. The van der Waals surface area contributed by atoms with Crippen LogP contribution >= 0.6 is 0 Å². The van der Waals surface area contributed by atoms with Gasteiger partial charge in [0, 0.05) is 69.8 Å². The van der Waals surface area contributed by atoms with E-state index in [0.717, 1.165) is 26.8 Å². The Morgan fingerprint density at radius 3 is 1.54 bits per heavy atom. The molecule has 9 nitrogen and oxygen atoms in total. The summed E-state index contributed by atoms with van der Waals surface area (Å²) >= 11 is 0. The largest absolute Gasteiger partial charge is 0.368 e. The predicted molar refractivity (Wildman–Crippen MR) is 148 cm³/mol. The molecule has 0 atom stereocenters. The maximum atomic E-state index is 14.3. The maximum absolute atomic E-state index is 14.3. The van der Waals surface area contributed by atoms with Gasteiger partial charge in [0.1, 0.15) is 5.82 Å². The van der Waals surface area contributed by atoms with E-state index in [9.17, 15) is 18.8 Å². The van der Waals surface area contributed by atoms with Crippen LogP contribution in [-0.4, -0.2) is 83.6 Å². The number of halogens is 1. The first-order chi connectivity index (χ1) is 19.0. The van der Waals surface area contributed by atoms with Gasteiger partial charge >= 0.3 is 12.1 Å². The molecule has 2 amide bonds. The molecule has 2 saturated heterocycles. The number of hydrogen-bond acceptors (Lipinski definition) is 5. The highest BCUT2D eigenvalue weighted by atomic mass is 19.1. The van der Waals surface area contributed by atoms with Gasteiger partial charge in [0.2, 0.25) is 0 Å². The van der Waals surface area contributed by atoms with Gasteiger partial charge in [-0.3, -0.25) is 4.79 Å².